The maximum atomic E-state index is 12.4. The minimum atomic E-state index is -0.216. The van der Waals surface area contributed by atoms with Gasteiger partial charge in [0.05, 0.1) is 17.8 Å². The summed E-state index contributed by atoms with van der Waals surface area (Å²) in [5.74, 6) is 0.676. The quantitative estimate of drug-likeness (QED) is 0.716. The Morgan fingerprint density at radius 2 is 2.04 bits per heavy atom. The van der Waals surface area contributed by atoms with E-state index in [0.29, 0.717) is 17.2 Å². The molecule has 1 amide bonds. The number of carbonyl (C=O) groups is 1. The van der Waals surface area contributed by atoms with Crippen LogP contribution in [0.5, 0.6) is 0 Å². The van der Waals surface area contributed by atoms with Gasteiger partial charge in [-0.25, -0.2) is 0 Å². The molecule has 0 radical (unpaired) electrons. The first-order valence-corrected chi connectivity index (χ1v) is 8.72. The summed E-state index contributed by atoms with van der Waals surface area (Å²) < 4.78 is 7.70. The number of nitrogens with zero attached hydrogens (tertiary/aromatic N) is 2. The van der Waals surface area contributed by atoms with Crippen molar-refractivity contribution in [3.8, 4) is 0 Å². The van der Waals surface area contributed by atoms with E-state index in [1.165, 1.54) is 0 Å². The van der Waals surface area contributed by atoms with Gasteiger partial charge in [0, 0.05) is 22.5 Å². The van der Waals surface area contributed by atoms with E-state index in [1.54, 1.807) is 6.07 Å². The SMILES string of the molecule is Cc1cc(C)n([C@@H](C)CC(=O)N[C@H](C)c2cc3cc(Cl)ccc3o2)n1. The van der Waals surface area contributed by atoms with Crippen molar-refractivity contribution in [1.82, 2.24) is 15.1 Å². The molecule has 0 aliphatic carbocycles. The predicted molar refractivity (Wildman–Crippen MR) is 98.8 cm³/mol. The van der Waals surface area contributed by atoms with Gasteiger partial charge in [0.15, 0.2) is 0 Å². The highest BCUT2D eigenvalue weighted by molar-refractivity contribution is 6.31. The number of halogens is 1. The Kier molecular flexibility index (Phi) is 4.86. The van der Waals surface area contributed by atoms with Crippen LogP contribution in [0.4, 0.5) is 0 Å². The van der Waals surface area contributed by atoms with Gasteiger partial charge in [-0.3, -0.25) is 9.48 Å². The van der Waals surface area contributed by atoms with E-state index in [-0.39, 0.29) is 18.0 Å². The third-order valence-corrected chi connectivity index (χ3v) is 4.48. The molecule has 0 saturated carbocycles. The zero-order valence-corrected chi connectivity index (χ0v) is 15.6. The van der Waals surface area contributed by atoms with Gasteiger partial charge in [-0.15, -0.1) is 0 Å². The summed E-state index contributed by atoms with van der Waals surface area (Å²) in [7, 11) is 0. The Hall–Kier alpha value is -2.27. The van der Waals surface area contributed by atoms with Gasteiger partial charge in [0.25, 0.3) is 0 Å². The fourth-order valence-electron chi connectivity index (χ4n) is 3.07. The molecule has 132 valence electrons. The molecule has 0 aliphatic rings. The van der Waals surface area contributed by atoms with Crippen LogP contribution in [-0.4, -0.2) is 15.7 Å². The van der Waals surface area contributed by atoms with Gasteiger partial charge < -0.3 is 9.73 Å². The Morgan fingerprint density at radius 1 is 1.28 bits per heavy atom. The van der Waals surface area contributed by atoms with E-state index < -0.39 is 0 Å². The maximum Gasteiger partial charge on any atom is 0.222 e. The van der Waals surface area contributed by atoms with Gasteiger partial charge in [-0.2, -0.15) is 5.10 Å². The highest BCUT2D eigenvalue weighted by atomic mass is 35.5. The smallest absolute Gasteiger partial charge is 0.222 e. The number of carbonyl (C=O) groups excluding carboxylic acids is 1. The number of hydrogen-bond donors (Lipinski definition) is 1. The second kappa shape index (κ2) is 6.92. The first-order chi connectivity index (χ1) is 11.8. The Labute approximate surface area is 152 Å². The van der Waals surface area contributed by atoms with Crippen LogP contribution in [0.15, 0.2) is 34.7 Å². The Morgan fingerprint density at radius 3 is 2.72 bits per heavy atom. The van der Waals surface area contributed by atoms with E-state index in [0.717, 1.165) is 22.4 Å². The summed E-state index contributed by atoms with van der Waals surface area (Å²) in [4.78, 5) is 12.4. The molecule has 2 aromatic heterocycles. The lowest BCUT2D eigenvalue weighted by Gasteiger charge is -2.16. The molecule has 6 heteroatoms. The molecule has 5 nitrogen and oxygen atoms in total. The fraction of sp³-hybridized carbons (Fsp3) is 0.368. The molecule has 0 bridgehead atoms. The van der Waals surface area contributed by atoms with E-state index in [9.17, 15) is 4.79 Å². The highest BCUT2D eigenvalue weighted by Crippen LogP contribution is 2.26. The van der Waals surface area contributed by atoms with E-state index in [2.05, 4.69) is 10.4 Å². The van der Waals surface area contributed by atoms with Crippen LogP contribution in [0.1, 0.15) is 49.5 Å². The van der Waals surface area contributed by atoms with Crippen molar-refractivity contribution in [2.45, 2.75) is 46.2 Å². The molecule has 1 N–H and O–H groups in total. The summed E-state index contributed by atoms with van der Waals surface area (Å²) >= 11 is 6.00. The fourth-order valence-corrected chi connectivity index (χ4v) is 3.25. The van der Waals surface area contributed by atoms with Gasteiger partial charge in [-0.1, -0.05) is 11.6 Å². The highest BCUT2D eigenvalue weighted by Gasteiger charge is 2.18. The number of furan rings is 1. The lowest BCUT2D eigenvalue weighted by atomic mass is 10.2. The first-order valence-electron chi connectivity index (χ1n) is 8.34. The van der Waals surface area contributed by atoms with E-state index >= 15 is 0 Å². The average molecular weight is 360 g/mol. The number of amides is 1. The molecule has 0 fully saturated rings. The number of fused-ring (bicyclic) bond motifs is 1. The van der Waals surface area contributed by atoms with Gasteiger partial charge in [0.2, 0.25) is 5.91 Å². The van der Waals surface area contributed by atoms with Gasteiger partial charge in [-0.05, 0) is 58.0 Å². The number of benzene rings is 1. The van der Waals surface area contributed by atoms with Crippen LogP contribution in [-0.2, 0) is 4.79 Å². The van der Waals surface area contributed by atoms with Crippen molar-refractivity contribution in [1.29, 1.82) is 0 Å². The third kappa shape index (κ3) is 3.87. The molecule has 3 rings (SSSR count). The summed E-state index contributed by atoms with van der Waals surface area (Å²) in [6.07, 6.45) is 0.359. The molecule has 0 spiro atoms. The number of hydrogen-bond acceptors (Lipinski definition) is 3. The molecular weight excluding hydrogens is 338 g/mol. The zero-order valence-electron chi connectivity index (χ0n) is 14.8. The second-order valence-electron chi connectivity index (χ2n) is 6.54. The molecule has 2 atom stereocenters. The molecule has 3 aromatic rings. The standard InChI is InChI=1S/C19H22ClN3O2/c1-11-7-12(2)23(22-11)13(3)8-19(24)21-14(4)18-10-15-9-16(20)5-6-17(15)25-18/h5-7,9-10,13-14H,8H2,1-4H3,(H,21,24)/t13-,14+/m0/s1. The summed E-state index contributed by atoms with van der Waals surface area (Å²) in [5.41, 5.74) is 2.77. The first kappa shape index (κ1) is 17.5. The summed E-state index contributed by atoms with van der Waals surface area (Å²) in [6.45, 7) is 7.85. The monoisotopic (exact) mass is 359 g/mol. The topological polar surface area (TPSA) is 60.1 Å². The Balaban J connectivity index is 1.66. The van der Waals surface area contributed by atoms with Crippen LogP contribution in [0.25, 0.3) is 11.0 Å². The number of rotatable bonds is 5. The minimum Gasteiger partial charge on any atom is -0.459 e. The van der Waals surface area contributed by atoms with Crippen molar-refractivity contribution in [3.05, 3.63) is 52.5 Å². The van der Waals surface area contributed by atoms with Crippen molar-refractivity contribution < 1.29 is 9.21 Å². The summed E-state index contributed by atoms with van der Waals surface area (Å²) in [6, 6.07) is 9.18. The molecule has 0 unspecified atom stereocenters. The number of aromatic nitrogens is 2. The van der Waals surface area contributed by atoms with Crippen molar-refractivity contribution in [2.24, 2.45) is 0 Å². The van der Waals surface area contributed by atoms with Gasteiger partial charge in [0.1, 0.15) is 11.3 Å². The van der Waals surface area contributed by atoms with Gasteiger partial charge >= 0.3 is 0 Å². The van der Waals surface area contributed by atoms with Crippen LogP contribution in [0.2, 0.25) is 5.02 Å². The molecule has 25 heavy (non-hydrogen) atoms. The zero-order chi connectivity index (χ0) is 18.1. The molecular formula is C19H22ClN3O2. The normalized spacial score (nSPS) is 13.8. The molecule has 1 aromatic carbocycles. The Bertz CT molecular complexity index is 913. The summed E-state index contributed by atoms with van der Waals surface area (Å²) in [5, 5.41) is 9.03. The van der Waals surface area contributed by atoms with Crippen molar-refractivity contribution in [3.63, 3.8) is 0 Å². The lowest BCUT2D eigenvalue weighted by molar-refractivity contribution is -0.122. The predicted octanol–water partition coefficient (Wildman–Crippen LogP) is 4.73. The largest absolute Gasteiger partial charge is 0.459 e. The molecule has 0 aliphatic heterocycles. The number of aryl methyl sites for hydroxylation is 2. The van der Waals surface area contributed by atoms with Crippen LogP contribution in [0, 0.1) is 13.8 Å². The van der Waals surface area contributed by atoms with Crippen molar-refractivity contribution >= 4 is 28.5 Å². The molecule has 2 heterocycles. The number of nitrogens with one attached hydrogen (secondary N) is 1. The molecule has 0 saturated heterocycles. The lowest BCUT2D eigenvalue weighted by Crippen LogP contribution is -2.28. The van der Waals surface area contributed by atoms with E-state index in [1.807, 2.05) is 56.6 Å². The van der Waals surface area contributed by atoms with E-state index in [4.69, 9.17) is 16.0 Å². The van der Waals surface area contributed by atoms with Crippen LogP contribution >= 0.6 is 11.6 Å². The minimum absolute atomic E-state index is 0.00428. The third-order valence-electron chi connectivity index (χ3n) is 4.24. The van der Waals surface area contributed by atoms with Crippen LogP contribution in [0.3, 0.4) is 0 Å². The second-order valence-corrected chi connectivity index (χ2v) is 6.98. The average Bonchev–Trinajstić information content (AvgIpc) is 3.09. The maximum absolute atomic E-state index is 12.4. The van der Waals surface area contributed by atoms with Crippen LogP contribution < -0.4 is 5.32 Å². The van der Waals surface area contributed by atoms with Crippen molar-refractivity contribution in [2.75, 3.05) is 0 Å².